The average molecular weight is 270 g/mol. The van der Waals surface area contributed by atoms with Crippen LogP contribution in [-0.4, -0.2) is 40.5 Å². The van der Waals surface area contributed by atoms with Crippen molar-refractivity contribution in [3.8, 4) is 0 Å². The Morgan fingerprint density at radius 3 is 2.58 bits per heavy atom. The Labute approximate surface area is 115 Å². The third kappa shape index (κ3) is 4.82. The number of nitrogens with zero attached hydrogens (tertiary/aromatic N) is 1. The van der Waals surface area contributed by atoms with Gasteiger partial charge in [0.25, 0.3) is 0 Å². The van der Waals surface area contributed by atoms with E-state index in [9.17, 15) is 14.7 Å². The Morgan fingerprint density at radius 1 is 1.32 bits per heavy atom. The Balaban J connectivity index is 2.51. The van der Waals surface area contributed by atoms with Gasteiger partial charge in [-0.2, -0.15) is 0 Å². The van der Waals surface area contributed by atoms with Crippen molar-refractivity contribution in [2.75, 3.05) is 6.54 Å². The van der Waals surface area contributed by atoms with E-state index in [1.165, 1.54) is 0 Å². The molecule has 3 atom stereocenters. The first-order valence-electron chi connectivity index (χ1n) is 7.22. The topological polar surface area (TPSA) is 83.6 Å². The van der Waals surface area contributed by atoms with E-state index >= 15 is 0 Å². The molecule has 0 radical (unpaired) electrons. The van der Waals surface area contributed by atoms with Gasteiger partial charge in [0.2, 0.25) is 5.91 Å². The van der Waals surface area contributed by atoms with Crippen LogP contribution in [0, 0.1) is 5.92 Å². The number of carboxylic acids is 1. The molecule has 1 fully saturated rings. The Bertz CT molecular complexity index is 318. The van der Waals surface area contributed by atoms with Crippen molar-refractivity contribution in [3.05, 3.63) is 0 Å². The molecule has 1 aliphatic rings. The normalized spacial score (nSPS) is 22.9. The summed E-state index contributed by atoms with van der Waals surface area (Å²) in [7, 11) is 0. The van der Waals surface area contributed by atoms with E-state index in [0.29, 0.717) is 13.0 Å². The van der Waals surface area contributed by atoms with Gasteiger partial charge in [-0.15, -0.1) is 0 Å². The number of carbonyl (C=O) groups is 2. The van der Waals surface area contributed by atoms with Gasteiger partial charge >= 0.3 is 5.97 Å². The lowest BCUT2D eigenvalue weighted by Gasteiger charge is -2.34. The van der Waals surface area contributed by atoms with E-state index in [0.717, 1.165) is 32.1 Å². The van der Waals surface area contributed by atoms with Gasteiger partial charge < -0.3 is 15.7 Å². The third-order valence-corrected chi connectivity index (χ3v) is 3.79. The minimum atomic E-state index is -0.879. The van der Waals surface area contributed by atoms with Gasteiger partial charge in [-0.1, -0.05) is 13.3 Å². The number of carboxylic acid groups (broad SMARTS) is 1. The van der Waals surface area contributed by atoms with Crippen molar-refractivity contribution < 1.29 is 14.7 Å². The van der Waals surface area contributed by atoms with Gasteiger partial charge in [-0.25, -0.2) is 4.79 Å². The molecule has 5 heteroatoms. The lowest BCUT2D eigenvalue weighted by molar-refractivity contribution is -0.153. The molecule has 0 saturated carbocycles. The Morgan fingerprint density at radius 2 is 2.00 bits per heavy atom. The van der Waals surface area contributed by atoms with Crippen molar-refractivity contribution in [3.63, 3.8) is 0 Å². The fraction of sp³-hybridized carbons (Fsp3) is 0.857. The highest BCUT2D eigenvalue weighted by Crippen LogP contribution is 2.21. The molecule has 0 spiro atoms. The standard InChI is InChI=1S/C14H26N2O3/c1-10(6-5-7-11(2)15)13(17)16-9-4-3-8-12(16)14(18)19/h10-12H,3-9,15H2,1-2H3,(H,18,19)/t10?,11?,12-/m0/s1. The maximum atomic E-state index is 12.3. The van der Waals surface area contributed by atoms with Gasteiger partial charge in [0.05, 0.1) is 0 Å². The van der Waals surface area contributed by atoms with Crippen LogP contribution < -0.4 is 5.73 Å². The van der Waals surface area contributed by atoms with Crippen LogP contribution in [0.2, 0.25) is 0 Å². The molecular weight excluding hydrogens is 244 g/mol. The number of amides is 1. The second-order valence-corrected chi connectivity index (χ2v) is 5.69. The molecule has 1 amide bonds. The maximum absolute atomic E-state index is 12.3. The van der Waals surface area contributed by atoms with Crippen LogP contribution in [0.5, 0.6) is 0 Å². The Hall–Kier alpha value is -1.10. The van der Waals surface area contributed by atoms with Crippen molar-refractivity contribution >= 4 is 11.9 Å². The molecular formula is C14H26N2O3. The summed E-state index contributed by atoms with van der Waals surface area (Å²) in [6, 6.07) is -0.471. The predicted molar refractivity (Wildman–Crippen MR) is 73.7 cm³/mol. The summed E-state index contributed by atoms with van der Waals surface area (Å²) in [5.74, 6) is -1.01. The van der Waals surface area contributed by atoms with Crippen LogP contribution in [0.1, 0.15) is 52.4 Å². The lowest BCUT2D eigenvalue weighted by Crippen LogP contribution is -2.49. The molecule has 1 rings (SSSR count). The quantitative estimate of drug-likeness (QED) is 0.768. The first kappa shape index (κ1) is 16.0. The number of rotatable bonds is 6. The van der Waals surface area contributed by atoms with Crippen LogP contribution in [0.3, 0.4) is 0 Å². The number of hydrogen-bond acceptors (Lipinski definition) is 3. The molecule has 1 heterocycles. The van der Waals surface area contributed by atoms with Crippen molar-refractivity contribution in [1.29, 1.82) is 0 Å². The smallest absolute Gasteiger partial charge is 0.326 e. The summed E-state index contributed by atoms with van der Waals surface area (Å²) in [4.78, 5) is 25.1. The van der Waals surface area contributed by atoms with E-state index in [2.05, 4.69) is 0 Å². The fourth-order valence-electron chi connectivity index (χ4n) is 2.60. The van der Waals surface area contributed by atoms with Crippen molar-refractivity contribution in [2.24, 2.45) is 11.7 Å². The number of carbonyl (C=O) groups excluding carboxylic acids is 1. The molecule has 3 N–H and O–H groups in total. The first-order chi connectivity index (χ1) is 8.93. The Kier molecular flexibility index (Phi) is 6.28. The summed E-state index contributed by atoms with van der Waals surface area (Å²) in [5, 5.41) is 9.18. The molecule has 0 aromatic rings. The monoisotopic (exact) mass is 270 g/mol. The average Bonchev–Trinajstić information content (AvgIpc) is 2.37. The lowest BCUT2D eigenvalue weighted by atomic mass is 9.96. The number of hydrogen-bond donors (Lipinski definition) is 2. The second-order valence-electron chi connectivity index (χ2n) is 5.69. The SMILES string of the molecule is CC(N)CCCC(C)C(=O)N1CCCC[C@H]1C(=O)O. The molecule has 1 saturated heterocycles. The van der Waals surface area contributed by atoms with E-state index in [4.69, 9.17) is 5.73 Å². The number of aliphatic carboxylic acids is 1. The van der Waals surface area contributed by atoms with E-state index < -0.39 is 12.0 Å². The van der Waals surface area contributed by atoms with Gasteiger partial charge in [0.1, 0.15) is 6.04 Å². The van der Waals surface area contributed by atoms with E-state index in [-0.39, 0.29) is 17.9 Å². The van der Waals surface area contributed by atoms with Gasteiger partial charge in [-0.3, -0.25) is 4.79 Å². The molecule has 19 heavy (non-hydrogen) atoms. The van der Waals surface area contributed by atoms with Crippen molar-refractivity contribution in [2.45, 2.75) is 64.5 Å². The highest BCUT2D eigenvalue weighted by Gasteiger charge is 2.33. The minimum absolute atomic E-state index is 0.0169. The highest BCUT2D eigenvalue weighted by atomic mass is 16.4. The summed E-state index contributed by atoms with van der Waals surface area (Å²) >= 11 is 0. The summed E-state index contributed by atoms with van der Waals surface area (Å²) in [6.07, 6.45) is 4.97. The van der Waals surface area contributed by atoms with E-state index in [1.807, 2.05) is 13.8 Å². The van der Waals surface area contributed by atoms with Gasteiger partial charge in [-0.05, 0) is 39.0 Å². The number of nitrogens with two attached hydrogens (primary N) is 1. The summed E-state index contributed by atoms with van der Waals surface area (Å²) in [5.41, 5.74) is 5.69. The third-order valence-electron chi connectivity index (χ3n) is 3.79. The number of likely N-dealkylation sites (tertiary alicyclic amines) is 1. The minimum Gasteiger partial charge on any atom is -0.480 e. The van der Waals surface area contributed by atoms with Crippen molar-refractivity contribution in [1.82, 2.24) is 4.90 Å². The van der Waals surface area contributed by atoms with E-state index in [1.54, 1.807) is 4.90 Å². The first-order valence-corrected chi connectivity index (χ1v) is 7.22. The highest BCUT2D eigenvalue weighted by molar-refractivity contribution is 5.85. The van der Waals surface area contributed by atoms with Gasteiger partial charge in [0, 0.05) is 18.5 Å². The zero-order valence-electron chi connectivity index (χ0n) is 12.0. The molecule has 0 aliphatic carbocycles. The van der Waals surface area contributed by atoms with Crippen LogP contribution in [0.4, 0.5) is 0 Å². The predicted octanol–water partition coefficient (Wildman–Crippen LogP) is 1.61. The van der Waals surface area contributed by atoms with Crippen LogP contribution in [0.25, 0.3) is 0 Å². The molecule has 1 aliphatic heterocycles. The zero-order valence-corrected chi connectivity index (χ0v) is 12.0. The van der Waals surface area contributed by atoms with Crippen LogP contribution in [0.15, 0.2) is 0 Å². The van der Waals surface area contributed by atoms with Gasteiger partial charge in [0.15, 0.2) is 0 Å². The number of piperidine rings is 1. The molecule has 0 aromatic carbocycles. The molecule has 0 bridgehead atoms. The van der Waals surface area contributed by atoms with Crippen LogP contribution >= 0.6 is 0 Å². The largest absolute Gasteiger partial charge is 0.480 e. The van der Waals surface area contributed by atoms with Crippen LogP contribution in [-0.2, 0) is 9.59 Å². The maximum Gasteiger partial charge on any atom is 0.326 e. The second kappa shape index (κ2) is 7.48. The fourth-order valence-corrected chi connectivity index (χ4v) is 2.60. The summed E-state index contributed by atoms with van der Waals surface area (Å²) < 4.78 is 0. The zero-order chi connectivity index (χ0) is 14.4. The molecule has 0 aromatic heterocycles. The summed E-state index contributed by atoms with van der Waals surface area (Å²) in [6.45, 7) is 4.42. The molecule has 2 unspecified atom stereocenters. The molecule has 110 valence electrons. The molecule has 5 nitrogen and oxygen atoms in total.